The van der Waals surface area contributed by atoms with Gasteiger partial charge in [-0.05, 0) is 56.4 Å². The molecule has 2 heterocycles. The molecule has 6 heteroatoms. The van der Waals surface area contributed by atoms with E-state index in [1.54, 1.807) is 25.1 Å². The Morgan fingerprint density at radius 3 is 2.88 bits per heavy atom. The molecular weight excluding hydrogens is 308 g/mol. The first-order valence-electron chi connectivity index (χ1n) is 8.17. The average Bonchev–Trinajstić information content (AvgIpc) is 3.08. The predicted octanol–water partition coefficient (Wildman–Crippen LogP) is 2.24. The van der Waals surface area contributed by atoms with E-state index < -0.39 is 11.9 Å². The number of nitrogens with one attached hydrogen (secondary N) is 2. The molecule has 0 radical (unpaired) electrons. The van der Waals surface area contributed by atoms with Crippen LogP contribution in [0.25, 0.3) is 0 Å². The van der Waals surface area contributed by atoms with Gasteiger partial charge in [-0.2, -0.15) is 0 Å². The van der Waals surface area contributed by atoms with Crippen molar-refractivity contribution in [1.82, 2.24) is 10.3 Å². The number of aromatic nitrogens is 1. The Labute approximate surface area is 139 Å². The fraction of sp³-hybridized carbons (Fsp3) is 0.389. The Morgan fingerprint density at radius 1 is 1.33 bits per heavy atom. The molecule has 1 atom stereocenters. The summed E-state index contributed by atoms with van der Waals surface area (Å²) in [4.78, 5) is 39.3. The van der Waals surface area contributed by atoms with E-state index in [1.807, 2.05) is 0 Å². The summed E-state index contributed by atoms with van der Waals surface area (Å²) in [6.45, 7) is 1.73. The molecule has 2 aromatic rings. The minimum atomic E-state index is -0.454. The van der Waals surface area contributed by atoms with Crippen LogP contribution in [0.1, 0.15) is 58.4 Å². The van der Waals surface area contributed by atoms with Crippen molar-refractivity contribution in [3.8, 4) is 0 Å². The number of rotatable bonds is 5. The molecule has 3 rings (SSSR count). The summed E-state index contributed by atoms with van der Waals surface area (Å²) in [6, 6.07) is 4.52. The topological polar surface area (TPSA) is 92.2 Å². The van der Waals surface area contributed by atoms with Gasteiger partial charge in [0.15, 0.2) is 11.5 Å². The Morgan fingerprint density at radius 2 is 2.12 bits per heavy atom. The molecule has 24 heavy (non-hydrogen) atoms. The van der Waals surface area contributed by atoms with E-state index in [4.69, 9.17) is 4.42 Å². The van der Waals surface area contributed by atoms with E-state index in [0.717, 1.165) is 36.9 Å². The molecule has 0 aliphatic heterocycles. The monoisotopic (exact) mass is 328 g/mol. The lowest BCUT2D eigenvalue weighted by Crippen LogP contribution is -2.37. The molecule has 0 saturated heterocycles. The molecule has 1 amide bonds. The number of H-pyrrole nitrogens is 1. The Bertz CT molecular complexity index is 805. The summed E-state index contributed by atoms with van der Waals surface area (Å²) in [5.41, 5.74) is 1.69. The molecule has 1 aliphatic rings. The zero-order chi connectivity index (χ0) is 17.1. The number of aromatic amines is 1. The second-order valence-corrected chi connectivity index (χ2v) is 6.20. The lowest BCUT2D eigenvalue weighted by atomic mass is 9.95. The van der Waals surface area contributed by atoms with Crippen LogP contribution in [0.4, 0.5) is 0 Å². The highest BCUT2D eigenvalue weighted by Gasteiger charge is 2.20. The van der Waals surface area contributed by atoms with Crippen LogP contribution in [0.2, 0.25) is 0 Å². The van der Waals surface area contributed by atoms with Crippen LogP contribution in [0.5, 0.6) is 0 Å². The zero-order valence-electron chi connectivity index (χ0n) is 13.6. The highest BCUT2D eigenvalue weighted by atomic mass is 16.3. The number of carbonyl (C=O) groups excluding carboxylic acids is 2. The van der Waals surface area contributed by atoms with Crippen LogP contribution in [0, 0.1) is 0 Å². The molecule has 1 unspecified atom stereocenters. The van der Waals surface area contributed by atoms with Gasteiger partial charge in [0, 0.05) is 18.2 Å². The summed E-state index contributed by atoms with van der Waals surface area (Å²) < 4.78 is 5.05. The van der Waals surface area contributed by atoms with Crippen molar-refractivity contribution in [3.63, 3.8) is 0 Å². The SMILES string of the molecule is CC(CC(=O)c1ccco1)NC(=O)c1cc2c([nH]c1=O)CCCC2. The first-order valence-corrected chi connectivity index (χ1v) is 8.17. The molecule has 0 fully saturated rings. The van der Waals surface area contributed by atoms with E-state index in [9.17, 15) is 14.4 Å². The second kappa shape index (κ2) is 6.86. The highest BCUT2D eigenvalue weighted by Crippen LogP contribution is 2.18. The van der Waals surface area contributed by atoms with Crippen molar-refractivity contribution < 1.29 is 14.0 Å². The summed E-state index contributed by atoms with van der Waals surface area (Å²) in [6.07, 6.45) is 5.39. The van der Waals surface area contributed by atoms with Gasteiger partial charge in [-0.3, -0.25) is 14.4 Å². The fourth-order valence-corrected chi connectivity index (χ4v) is 3.01. The number of pyridine rings is 1. The first kappa shape index (κ1) is 16.2. The van der Waals surface area contributed by atoms with E-state index >= 15 is 0 Å². The van der Waals surface area contributed by atoms with Gasteiger partial charge in [0.25, 0.3) is 11.5 Å². The van der Waals surface area contributed by atoms with Gasteiger partial charge >= 0.3 is 0 Å². The lowest BCUT2D eigenvalue weighted by Gasteiger charge is -2.17. The van der Waals surface area contributed by atoms with Crippen molar-refractivity contribution >= 4 is 11.7 Å². The van der Waals surface area contributed by atoms with Gasteiger partial charge in [0.1, 0.15) is 5.56 Å². The summed E-state index contributed by atoms with van der Waals surface area (Å²) in [5, 5.41) is 2.72. The Kier molecular flexibility index (Phi) is 4.64. The predicted molar refractivity (Wildman–Crippen MR) is 88.3 cm³/mol. The van der Waals surface area contributed by atoms with Crippen LogP contribution in [-0.4, -0.2) is 22.7 Å². The maximum Gasteiger partial charge on any atom is 0.261 e. The molecule has 0 spiro atoms. The molecule has 1 aliphatic carbocycles. The quantitative estimate of drug-likeness (QED) is 0.823. The minimum Gasteiger partial charge on any atom is -0.461 e. The van der Waals surface area contributed by atoms with E-state index in [1.165, 1.54) is 6.26 Å². The average molecular weight is 328 g/mol. The van der Waals surface area contributed by atoms with Gasteiger partial charge in [-0.15, -0.1) is 0 Å². The largest absolute Gasteiger partial charge is 0.461 e. The molecular formula is C18H20N2O4. The fourth-order valence-electron chi connectivity index (χ4n) is 3.01. The zero-order valence-corrected chi connectivity index (χ0v) is 13.6. The minimum absolute atomic E-state index is 0.105. The van der Waals surface area contributed by atoms with Crippen molar-refractivity contribution in [3.05, 3.63) is 57.4 Å². The van der Waals surface area contributed by atoms with Crippen LogP contribution in [0.15, 0.2) is 33.7 Å². The number of aryl methyl sites for hydroxylation is 2. The van der Waals surface area contributed by atoms with E-state index in [-0.39, 0.29) is 29.1 Å². The van der Waals surface area contributed by atoms with Crippen molar-refractivity contribution in [2.45, 2.75) is 45.1 Å². The number of hydrogen-bond donors (Lipinski definition) is 2. The van der Waals surface area contributed by atoms with E-state index in [2.05, 4.69) is 10.3 Å². The van der Waals surface area contributed by atoms with Crippen molar-refractivity contribution in [1.29, 1.82) is 0 Å². The van der Waals surface area contributed by atoms with Gasteiger partial charge in [0.05, 0.1) is 6.26 Å². The molecule has 6 nitrogen and oxygen atoms in total. The third-order valence-corrected chi connectivity index (χ3v) is 4.25. The van der Waals surface area contributed by atoms with Gasteiger partial charge in [-0.25, -0.2) is 0 Å². The third-order valence-electron chi connectivity index (χ3n) is 4.25. The molecule has 2 aromatic heterocycles. The number of hydrogen-bond acceptors (Lipinski definition) is 4. The smallest absolute Gasteiger partial charge is 0.261 e. The van der Waals surface area contributed by atoms with Crippen molar-refractivity contribution in [2.75, 3.05) is 0 Å². The molecule has 0 bridgehead atoms. The Hall–Kier alpha value is -2.63. The first-order chi connectivity index (χ1) is 11.5. The van der Waals surface area contributed by atoms with Gasteiger partial charge in [-0.1, -0.05) is 0 Å². The maximum absolute atomic E-state index is 12.4. The number of ketones is 1. The number of Topliss-reactive ketones (excluding diaryl/α,β-unsaturated/α-hetero) is 1. The van der Waals surface area contributed by atoms with Crippen LogP contribution in [0.3, 0.4) is 0 Å². The van der Waals surface area contributed by atoms with Gasteiger partial charge in [0.2, 0.25) is 0 Å². The number of amides is 1. The number of furan rings is 1. The third kappa shape index (κ3) is 3.48. The standard InChI is InChI=1S/C18H20N2O4/c1-11(9-15(21)16-7-4-8-24-16)19-17(22)13-10-12-5-2-3-6-14(12)20-18(13)23/h4,7-8,10-11H,2-3,5-6,9H2,1H3,(H,19,22)(H,20,23). The van der Waals surface area contributed by atoms with Gasteiger partial charge < -0.3 is 14.7 Å². The van der Waals surface area contributed by atoms with Crippen LogP contribution >= 0.6 is 0 Å². The van der Waals surface area contributed by atoms with Crippen LogP contribution in [-0.2, 0) is 12.8 Å². The highest BCUT2D eigenvalue weighted by molar-refractivity contribution is 5.96. The second-order valence-electron chi connectivity index (χ2n) is 6.20. The summed E-state index contributed by atoms with van der Waals surface area (Å²) in [5.74, 6) is -0.376. The molecule has 0 aromatic carbocycles. The normalized spacial score (nSPS) is 14.7. The lowest BCUT2D eigenvalue weighted by molar-refractivity contribution is 0.0906. The summed E-state index contributed by atoms with van der Waals surface area (Å²) >= 11 is 0. The molecule has 0 saturated carbocycles. The van der Waals surface area contributed by atoms with Crippen LogP contribution < -0.4 is 10.9 Å². The number of fused-ring (bicyclic) bond motifs is 1. The Balaban J connectivity index is 1.68. The number of carbonyl (C=O) groups is 2. The molecule has 126 valence electrons. The maximum atomic E-state index is 12.4. The van der Waals surface area contributed by atoms with Crippen molar-refractivity contribution in [2.24, 2.45) is 0 Å². The molecule has 2 N–H and O–H groups in total. The summed E-state index contributed by atoms with van der Waals surface area (Å²) in [7, 11) is 0. The van der Waals surface area contributed by atoms with E-state index in [0.29, 0.717) is 0 Å².